The molecule has 1 saturated heterocycles. The monoisotopic (exact) mass is 293 g/mol. The lowest BCUT2D eigenvalue weighted by Gasteiger charge is -2.09. The van der Waals surface area contributed by atoms with E-state index in [-0.39, 0.29) is 12.6 Å². The Morgan fingerprint density at radius 1 is 1.00 bits per heavy atom. The van der Waals surface area contributed by atoms with Crippen LogP contribution in [0.5, 0.6) is 0 Å². The zero-order valence-corrected chi connectivity index (χ0v) is 12.6. The van der Waals surface area contributed by atoms with E-state index in [4.69, 9.17) is 4.74 Å². The minimum atomic E-state index is -0.666. The fourth-order valence-corrected chi connectivity index (χ4v) is 1.89. The summed E-state index contributed by atoms with van der Waals surface area (Å²) in [5.74, 6) is 0. The lowest BCUT2D eigenvalue weighted by atomic mass is 10.4. The second-order valence-electron chi connectivity index (χ2n) is 5.57. The second-order valence-corrected chi connectivity index (χ2v) is 5.57. The highest BCUT2D eigenvalue weighted by Gasteiger charge is 2.26. The normalized spacial score (nSPS) is 16.5. The zero-order chi connectivity index (χ0) is 15.7. The van der Waals surface area contributed by atoms with E-state index in [0.29, 0.717) is 6.61 Å². The Morgan fingerprint density at radius 3 is 1.76 bits per heavy atom. The zero-order valence-electron chi connectivity index (χ0n) is 12.6. The molecule has 1 aromatic rings. The van der Waals surface area contributed by atoms with E-state index in [1.807, 2.05) is 0 Å². The Kier molecular flexibility index (Phi) is 4.13. The Morgan fingerprint density at radius 2 is 1.43 bits per heavy atom. The molecule has 1 aromatic heterocycles. The summed E-state index contributed by atoms with van der Waals surface area (Å²) in [7, 11) is 0. The molecule has 0 aliphatic carbocycles. The van der Waals surface area contributed by atoms with Gasteiger partial charge in [-0.1, -0.05) is 11.1 Å². The maximum Gasteiger partial charge on any atom is 0.344 e. The van der Waals surface area contributed by atoms with Gasteiger partial charge < -0.3 is 4.74 Å². The van der Waals surface area contributed by atoms with Crippen LogP contribution in [-0.2, 0) is 11.3 Å². The third kappa shape index (κ3) is 3.30. The molecule has 7 nitrogen and oxygen atoms in total. The highest BCUT2D eigenvalue weighted by molar-refractivity contribution is 5.30. The second kappa shape index (κ2) is 5.69. The van der Waals surface area contributed by atoms with Crippen LogP contribution < -0.4 is 17.1 Å². The van der Waals surface area contributed by atoms with Crippen molar-refractivity contribution in [3.8, 4) is 0 Å². The van der Waals surface area contributed by atoms with Crippen LogP contribution in [0.3, 0.4) is 0 Å². The number of hydrogen-bond donors (Lipinski definition) is 0. The minimum Gasteiger partial charge on any atom is -0.371 e. The highest BCUT2D eigenvalue weighted by Crippen LogP contribution is 2.09. The van der Waals surface area contributed by atoms with E-state index < -0.39 is 17.1 Å². The summed E-state index contributed by atoms with van der Waals surface area (Å²) in [4.78, 5) is 37.0. The molecule has 2 heterocycles. The molecule has 1 fully saturated rings. The van der Waals surface area contributed by atoms with Crippen molar-refractivity contribution in [3.63, 3.8) is 0 Å². The first-order valence-corrected chi connectivity index (χ1v) is 6.70. The van der Waals surface area contributed by atoms with Crippen LogP contribution in [0, 0.1) is 0 Å². The van der Waals surface area contributed by atoms with E-state index >= 15 is 0 Å². The van der Waals surface area contributed by atoms with Crippen molar-refractivity contribution in [1.29, 1.82) is 0 Å². The molecule has 7 heteroatoms. The van der Waals surface area contributed by atoms with Crippen LogP contribution in [0.4, 0.5) is 0 Å². The first-order chi connectivity index (χ1) is 9.81. The van der Waals surface area contributed by atoms with Crippen LogP contribution in [-0.4, -0.2) is 26.4 Å². The molecule has 1 atom stereocenters. The summed E-state index contributed by atoms with van der Waals surface area (Å²) in [6, 6.07) is 0. The minimum absolute atomic E-state index is 0.131. The molecule has 2 rings (SSSR count). The summed E-state index contributed by atoms with van der Waals surface area (Å²) in [5, 5.41) is 0. The number of epoxide rings is 1. The van der Waals surface area contributed by atoms with Gasteiger partial charge in [0.1, 0.15) is 0 Å². The topological polar surface area (TPSA) is 78.5 Å². The average Bonchev–Trinajstić information content (AvgIpc) is 3.19. The third-order valence-corrected chi connectivity index (χ3v) is 2.85. The van der Waals surface area contributed by atoms with Crippen LogP contribution in [0.25, 0.3) is 12.4 Å². The van der Waals surface area contributed by atoms with E-state index in [1.165, 1.54) is 12.4 Å². The highest BCUT2D eigenvalue weighted by atomic mass is 16.6. The van der Waals surface area contributed by atoms with Crippen LogP contribution >= 0.6 is 0 Å². The molecule has 0 aromatic carbocycles. The Hall–Kier alpha value is -2.15. The van der Waals surface area contributed by atoms with Crippen molar-refractivity contribution in [1.82, 2.24) is 13.7 Å². The van der Waals surface area contributed by atoms with Crippen molar-refractivity contribution in [2.75, 3.05) is 6.61 Å². The maximum absolute atomic E-state index is 12.3. The fourth-order valence-electron chi connectivity index (χ4n) is 1.89. The summed E-state index contributed by atoms with van der Waals surface area (Å²) in [5.41, 5.74) is -0.378. The molecule has 21 heavy (non-hydrogen) atoms. The molecule has 0 amide bonds. The predicted molar refractivity (Wildman–Crippen MR) is 80.2 cm³/mol. The van der Waals surface area contributed by atoms with Gasteiger partial charge in [0.2, 0.25) is 0 Å². The van der Waals surface area contributed by atoms with Crippen molar-refractivity contribution in [2.45, 2.75) is 40.3 Å². The van der Waals surface area contributed by atoms with Gasteiger partial charge in [0.15, 0.2) is 0 Å². The van der Waals surface area contributed by atoms with Crippen molar-refractivity contribution in [2.24, 2.45) is 0 Å². The van der Waals surface area contributed by atoms with Crippen molar-refractivity contribution in [3.05, 3.63) is 42.6 Å². The van der Waals surface area contributed by atoms with Crippen LogP contribution in [0.1, 0.15) is 27.7 Å². The van der Waals surface area contributed by atoms with Gasteiger partial charge in [-0.2, -0.15) is 0 Å². The predicted octanol–water partition coefficient (Wildman–Crippen LogP) is 0.332. The van der Waals surface area contributed by atoms with E-state index in [9.17, 15) is 14.4 Å². The van der Waals surface area contributed by atoms with Crippen molar-refractivity contribution >= 4 is 12.4 Å². The molecule has 0 spiro atoms. The molecule has 1 unspecified atom stereocenters. The van der Waals surface area contributed by atoms with Gasteiger partial charge in [0, 0.05) is 12.4 Å². The van der Waals surface area contributed by atoms with Gasteiger partial charge in [-0.05, 0) is 27.7 Å². The van der Waals surface area contributed by atoms with E-state index in [0.717, 1.165) is 24.8 Å². The van der Waals surface area contributed by atoms with E-state index in [2.05, 4.69) is 0 Å². The largest absolute Gasteiger partial charge is 0.371 e. The van der Waals surface area contributed by atoms with Crippen molar-refractivity contribution < 1.29 is 4.74 Å². The molecule has 1 aliphatic heterocycles. The molecule has 0 saturated carbocycles. The number of rotatable bonds is 4. The molecular weight excluding hydrogens is 274 g/mol. The molecule has 0 radical (unpaired) electrons. The van der Waals surface area contributed by atoms with Crippen LogP contribution in [0.2, 0.25) is 0 Å². The first-order valence-electron chi connectivity index (χ1n) is 6.70. The molecular formula is C14H19N3O4. The Bertz CT molecular complexity index is 724. The summed E-state index contributed by atoms with van der Waals surface area (Å²) in [6.45, 7) is 7.78. The average molecular weight is 293 g/mol. The van der Waals surface area contributed by atoms with Gasteiger partial charge in [-0.3, -0.25) is 0 Å². The maximum atomic E-state index is 12.3. The fraction of sp³-hybridized carbons (Fsp3) is 0.500. The van der Waals surface area contributed by atoms with Crippen LogP contribution in [0.15, 0.2) is 25.5 Å². The first kappa shape index (κ1) is 15.2. The number of aromatic nitrogens is 3. The number of allylic oxidation sites excluding steroid dienone is 2. The third-order valence-electron chi connectivity index (χ3n) is 2.85. The van der Waals surface area contributed by atoms with E-state index in [1.54, 1.807) is 27.7 Å². The number of hydrogen-bond acceptors (Lipinski definition) is 4. The SMILES string of the molecule is CC(C)=Cn1c(=O)n(C=C(C)C)c(=O)n(CC2CO2)c1=O. The summed E-state index contributed by atoms with van der Waals surface area (Å²) < 4.78 is 8.02. The standard InChI is InChI=1S/C14H19N3O4/c1-9(2)5-15-12(18)16(6-10(3)4)14(20)17(13(15)19)7-11-8-21-11/h5-6,11H,7-8H2,1-4H3. The molecule has 0 N–H and O–H groups in total. The van der Waals surface area contributed by atoms with Gasteiger partial charge in [0.05, 0.1) is 19.3 Å². The molecule has 0 bridgehead atoms. The molecule has 1 aliphatic rings. The van der Waals surface area contributed by atoms with Gasteiger partial charge in [-0.15, -0.1) is 0 Å². The van der Waals surface area contributed by atoms with Gasteiger partial charge in [0.25, 0.3) is 0 Å². The Labute approximate surface area is 121 Å². The Balaban J connectivity index is 2.79. The van der Waals surface area contributed by atoms with Gasteiger partial charge in [-0.25, -0.2) is 28.1 Å². The van der Waals surface area contributed by atoms with Gasteiger partial charge >= 0.3 is 17.1 Å². The molecule has 114 valence electrons. The smallest absolute Gasteiger partial charge is 0.344 e. The lowest BCUT2D eigenvalue weighted by molar-refractivity contribution is 0.370. The number of nitrogens with zero attached hydrogens (tertiary/aromatic N) is 3. The summed E-state index contributed by atoms with van der Waals surface area (Å²) >= 11 is 0. The lowest BCUT2D eigenvalue weighted by Crippen LogP contribution is -2.52. The quantitative estimate of drug-likeness (QED) is 0.750. The number of ether oxygens (including phenoxy) is 1. The summed E-state index contributed by atoms with van der Waals surface area (Å²) in [6.07, 6.45) is 2.74.